The number of hydroxylamine groups is 1. The van der Waals surface area contributed by atoms with Crippen LogP contribution in [0.2, 0.25) is 0 Å². The largest absolute Gasteiger partial charge is 0.493 e. The number of amides is 2. The van der Waals surface area contributed by atoms with Crippen molar-refractivity contribution < 1.29 is 33.6 Å². The van der Waals surface area contributed by atoms with Gasteiger partial charge in [0.05, 0.1) is 37.6 Å². The van der Waals surface area contributed by atoms with Gasteiger partial charge in [-0.3, -0.25) is 24.5 Å². The summed E-state index contributed by atoms with van der Waals surface area (Å²) in [4.78, 5) is 45.0. The van der Waals surface area contributed by atoms with E-state index in [1.54, 1.807) is 17.2 Å². The lowest BCUT2D eigenvalue weighted by molar-refractivity contribution is -0.384. The van der Waals surface area contributed by atoms with Gasteiger partial charge in [0.15, 0.2) is 17.6 Å². The molecule has 190 valence electrons. The molecule has 0 spiro atoms. The summed E-state index contributed by atoms with van der Waals surface area (Å²) in [5.41, 5.74) is 1.27. The Hall–Kier alpha value is -4.64. The minimum Gasteiger partial charge on any atom is -0.493 e. The van der Waals surface area contributed by atoms with Crippen molar-refractivity contribution >= 4 is 28.9 Å². The van der Waals surface area contributed by atoms with E-state index in [9.17, 15) is 19.7 Å². The second kappa shape index (κ2) is 9.43. The van der Waals surface area contributed by atoms with Gasteiger partial charge in [0.25, 0.3) is 11.6 Å². The molecule has 3 atom stereocenters. The summed E-state index contributed by atoms with van der Waals surface area (Å²) in [5.74, 6) is -0.883. The summed E-state index contributed by atoms with van der Waals surface area (Å²) in [5, 5.41) is 12.6. The SMILES string of the molecule is COc1ccc([C@@H]2[C@H]3C(=O)N(c4ccc([N+](=O)[O-])cc4)C(=O)[C@H]3ON2c2ccccc2)c(OC)c1OC. The molecule has 11 heteroatoms. The van der Waals surface area contributed by atoms with E-state index in [2.05, 4.69) is 0 Å². The van der Waals surface area contributed by atoms with Crippen molar-refractivity contribution in [3.05, 3.63) is 82.4 Å². The summed E-state index contributed by atoms with van der Waals surface area (Å²) >= 11 is 0. The van der Waals surface area contributed by atoms with Crippen LogP contribution in [0.25, 0.3) is 0 Å². The molecule has 5 rings (SSSR count). The predicted molar refractivity (Wildman–Crippen MR) is 132 cm³/mol. The molecule has 0 aliphatic carbocycles. The van der Waals surface area contributed by atoms with E-state index in [0.29, 0.717) is 28.5 Å². The summed E-state index contributed by atoms with van der Waals surface area (Å²) in [6.45, 7) is 0. The summed E-state index contributed by atoms with van der Waals surface area (Å²) < 4.78 is 16.7. The van der Waals surface area contributed by atoms with Gasteiger partial charge in [-0.25, -0.2) is 9.96 Å². The van der Waals surface area contributed by atoms with Crippen molar-refractivity contribution in [2.75, 3.05) is 31.3 Å². The lowest BCUT2D eigenvalue weighted by atomic mass is 9.89. The molecule has 37 heavy (non-hydrogen) atoms. The Labute approximate surface area is 211 Å². The molecule has 3 aromatic rings. The van der Waals surface area contributed by atoms with Gasteiger partial charge in [0, 0.05) is 17.7 Å². The van der Waals surface area contributed by atoms with Crippen molar-refractivity contribution in [2.24, 2.45) is 5.92 Å². The van der Waals surface area contributed by atoms with Crippen LogP contribution in [0.15, 0.2) is 66.7 Å². The fourth-order valence-corrected chi connectivity index (χ4v) is 4.86. The molecule has 0 N–H and O–H groups in total. The number of hydrogen-bond donors (Lipinski definition) is 0. The molecule has 11 nitrogen and oxygen atoms in total. The van der Waals surface area contributed by atoms with Crippen molar-refractivity contribution in [2.45, 2.75) is 12.1 Å². The number of ether oxygens (including phenoxy) is 3. The van der Waals surface area contributed by atoms with Crippen molar-refractivity contribution in [1.29, 1.82) is 0 Å². The number of nitrogens with zero attached hydrogens (tertiary/aromatic N) is 3. The first kappa shape index (κ1) is 24.1. The highest BCUT2D eigenvalue weighted by atomic mass is 16.7. The normalized spacial score (nSPS) is 20.7. The Bertz CT molecular complexity index is 1360. The number of carbonyl (C=O) groups is 2. The number of nitro benzene ring substituents is 1. The smallest absolute Gasteiger partial charge is 0.269 e. The Morgan fingerprint density at radius 3 is 2.08 bits per heavy atom. The average Bonchev–Trinajstić information content (AvgIpc) is 3.43. The van der Waals surface area contributed by atoms with Crippen LogP contribution in [-0.2, 0) is 14.4 Å². The molecular formula is C26H23N3O8. The first-order valence-corrected chi connectivity index (χ1v) is 11.3. The van der Waals surface area contributed by atoms with E-state index in [-0.39, 0.29) is 11.4 Å². The number of para-hydroxylation sites is 1. The molecule has 0 aromatic heterocycles. The molecule has 2 heterocycles. The zero-order chi connectivity index (χ0) is 26.3. The third-order valence-electron chi connectivity index (χ3n) is 6.50. The van der Waals surface area contributed by atoms with Gasteiger partial charge in [-0.05, 0) is 36.4 Å². The fourth-order valence-electron chi connectivity index (χ4n) is 4.86. The monoisotopic (exact) mass is 505 g/mol. The van der Waals surface area contributed by atoms with Crippen LogP contribution in [0, 0.1) is 16.0 Å². The van der Waals surface area contributed by atoms with Gasteiger partial charge in [0.1, 0.15) is 12.0 Å². The fraction of sp³-hybridized carbons (Fsp3) is 0.231. The second-order valence-corrected chi connectivity index (χ2v) is 8.37. The predicted octanol–water partition coefficient (Wildman–Crippen LogP) is 3.67. The van der Waals surface area contributed by atoms with Crippen LogP contribution in [0.3, 0.4) is 0 Å². The van der Waals surface area contributed by atoms with E-state index in [1.807, 2.05) is 30.3 Å². The molecule has 0 bridgehead atoms. The van der Waals surface area contributed by atoms with Crippen molar-refractivity contribution in [3.8, 4) is 17.2 Å². The van der Waals surface area contributed by atoms with Gasteiger partial charge in [-0.1, -0.05) is 18.2 Å². The Morgan fingerprint density at radius 1 is 0.811 bits per heavy atom. The van der Waals surface area contributed by atoms with Crippen molar-refractivity contribution in [1.82, 2.24) is 0 Å². The number of fused-ring (bicyclic) bond motifs is 1. The number of methoxy groups -OCH3 is 3. The highest BCUT2D eigenvalue weighted by molar-refractivity contribution is 6.24. The molecule has 2 saturated heterocycles. The molecule has 3 aromatic carbocycles. The van der Waals surface area contributed by atoms with E-state index in [1.165, 1.54) is 45.6 Å². The van der Waals surface area contributed by atoms with Gasteiger partial charge in [-0.15, -0.1) is 0 Å². The van der Waals surface area contributed by atoms with Crippen LogP contribution in [-0.4, -0.2) is 44.2 Å². The molecule has 2 fully saturated rings. The van der Waals surface area contributed by atoms with Gasteiger partial charge in [-0.2, -0.15) is 0 Å². The highest BCUT2D eigenvalue weighted by Crippen LogP contribution is 2.52. The van der Waals surface area contributed by atoms with E-state index in [4.69, 9.17) is 19.0 Å². The quantitative estimate of drug-likeness (QED) is 0.269. The number of imide groups is 1. The lowest BCUT2D eigenvalue weighted by Crippen LogP contribution is -2.37. The Morgan fingerprint density at radius 2 is 1.49 bits per heavy atom. The van der Waals surface area contributed by atoms with Gasteiger partial charge >= 0.3 is 0 Å². The van der Waals surface area contributed by atoms with E-state index >= 15 is 0 Å². The van der Waals surface area contributed by atoms with E-state index < -0.39 is 34.8 Å². The first-order chi connectivity index (χ1) is 17.9. The topological polar surface area (TPSA) is 121 Å². The van der Waals surface area contributed by atoms with Crippen LogP contribution >= 0.6 is 0 Å². The number of carbonyl (C=O) groups excluding carboxylic acids is 2. The number of benzene rings is 3. The molecule has 0 saturated carbocycles. The molecule has 0 radical (unpaired) electrons. The summed E-state index contributed by atoms with van der Waals surface area (Å²) in [6, 6.07) is 17.0. The summed E-state index contributed by atoms with van der Waals surface area (Å²) in [7, 11) is 4.46. The number of hydrogen-bond acceptors (Lipinski definition) is 9. The molecule has 2 amide bonds. The second-order valence-electron chi connectivity index (χ2n) is 8.37. The highest BCUT2D eigenvalue weighted by Gasteiger charge is 2.61. The maximum atomic E-state index is 13.8. The molecular weight excluding hydrogens is 482 g/mol. The third kappa shape index (κ3) is 3.80. The summed E-state index contributed by atoms with van der Waals surface area (Å²) in [6.07, 6.45) is -1.12. The first-order valence-electron chi connectivity index (χ1n) is 11.3. The third-order valence-corrected chi connectivity index (χ3v) is 6.50. The Balaban J connectivity index is 1.63. The van der Waals surface area contributed by atoms with Crippen LogP contribution in [0.5, 0.6) is 17.2 Å². The van der Waals surface area contributed by atoms with Crippen LogP contribution in [0.1, 0.15) is 11.6 Å². The maximum absolute atomic E-state index is 13.8. The van der Waals surface area contributed by atoms with Crippen molar-refractivity contribution in [3.63, 3.8) is 0 Å². The van der Waals surface area contributed by atoms with Crippen LogP contribution in [0.4, 0.5) is 17.1 Å². The minimum atomic E-state index is -1.12. The van der Waals surface area contributed by atoms with Gasteiger partial charge < -0.3 is 14.2 Å². The zero-order valence-corrected chi connectivity index (χ0v) is 20.2. The van der Waals surface area contributed by atoms with E-state index in [0.717, 1.165) is 4.90 Å². The zero-order valence-electron chi connectivity index (χ0n) is 20.2. The minimum absolute atomic E-state index is 0.150. The van der Waals surface area contributed by atoms with Crippen LogP contribution < -0.4 is 24.2 Å². The van der Waals surface area contributed by atoms with Gasteiger partial charge in [0.2, 0.25) is 11.7 Å². The lowest BCUT2D eigenvalue weighted by Gasteiger charge is -2.30. The molecule has 0 unspecified atom stereocenters. The number of rotatable bonds is 7. The Kier molecular flexibility index (Phi) is 6.14. The number of nitro groups is 1. The number of anilines is 2. The number of non-ortho nitro benzene ring substituents is 1. The standard InChI is InChI=1S/C26H23N3O8/c1-34-19-14-13-18(22(35-2)23(19)36-3)21-20-24(37-28(21)16-7-5-4-6-8-16)26(31)27(25(20)30)15-9-11-17(12-10-15)29(32)33/h4-14,20-21,24H,1-3H3/t20-,21-,24+/m1/s1. The molecule has 2 aliphatic rings. The maximum Gasteiger partial charge on any atom is 0.269 e. The average molecular weight is 505 g/mol. The molecule has 2 aliphatic heterocycles.